The number of rotatable bonds is 6. The van der Waals surface area contributed by atoms with Gasteiger partial charge in [-0.25, -0.2) is 14.2 Å². The van der Waals surface area contributed by atoms with Crippen molar-refractivity contribution in [2.75, 3.05) is 6.61 Å². The second-order valence-electron chi connectivity index (χ2n) is 11.2. The van der Waals surface area contributed by atoms with Crippen LogP contribution >= 0.6 is 0 Å². The molecule has 38 heavy (non-hydrogen) atoms. The average molecular weight is 526 g/mol. The van der Waals surface area contributed by atoms with E-state index in [0.29, 0.717) is 52.1 Å². The van der Waals surface area contributed by atoms with E-state index in [9.17, 15) is 14.7 Å². The van der Waals surface area contributed by atoms with Gasteiger partial charge in [-0.05, 0) is 84.6 Å². The third-order valence-corrected chi connectivity index (χ3v) is 6.72. The molecule has 3 aromatic rings. The molecule has 4 rings (SSSR count). The minimum absolute atomic E-state index is 0.0844. The Morgan fingerprint density at radius 1 is 1.24 bits per heavy atom. The van der Waals surface area contributed by atoms with E-state index >= 15 is 4.39 Å². The van der Waals surface area contributed by atoms with Gasteiger partial charge in [0.2, 0.25) is 0 Å². The van der Waals surface area contributed by atoms with Crippen LogP contribution in [-0.2, 0) is 23.0 Å². The van der Waals surface area contributed by atoms with E-state index in [1.54, 1.807) is 45.4 Å². The Kier molecular flexibility index (Phi) is 7.27. The van der Waals surface area contributed by atoms with E-state index in [-0.39, 0.29) is 17.7 Å². The number of aliphatic carboxylic acids is 1. The van der Waals surface area contributed by atoms with Crippen LogP contribution in [0.25, 0.3) is 22.2 Å². The quantitative estimate of drug-likeness (QED) is 0.447. The van der Waals surface area contributed by atoms with Crippen LogP contribution in [0.3, 0.4) is 0 Å². The molecular weight excluding hydrogens is 489 g/mol. The lowest BCUT2D eigenvalue weighted by Gasteiger charge is -2.29. The highest BCUT2D eigenvalue weighted by molar-refractivity contribution is 6.04. The van der Waals surface area contributed by atoms with Crippen LogP contribution in [0.5, 0.6) is 5.75 Å². The number of benzene rings is 1. The lowest BCUT2D eigenvalue weighted by atomic mass is 9.86. The molecule has 0 saturated carbocycles. The summed E-state index contributed by atoms with van der Waals surface area (Å²) in [6.07, 6.45) is 0.0285. The summed E-state index contributed by atoms with van der Waals surface area (Å²) in [6, 6.07) is 3.01. The topological polar surface area (TPSA) is 103 Å². The van der Waals surface area contributed by atoms with Gasteiger partial charge in [-0.15, -0.1) is 0 Å². The number of hydrogen-bond donors (Lipinski definition) is 2. The predicted molar refractivity (Wildman–Crippen MR) is 143 cm³/mol. The minimum Gasteiger partial charge on any atom is -0.490 e. The molecule has 0 spiro atoms. The van der Waals surface area contributed by atoms with Crippen molar-refractivity contribution in [3.8, 4) is 16.9 Å². The summed E-state index contributed by atoms with van der Waals surface area (Å²) in [5, 5.41) is 13.8. The average Bonchev–Trinajstić information content (AvgIpc) is 3.14. The van der Waals surface area contributed by atoms with E-state index in [2.05, 4.69) is 5.32 Å². The predicted octanol–water partition coefficient (Wildman–Crippen LogP) is 5.40. The number of carbonyl (C=O) groups excluding carboxylic acids is 1. The molecule has 0 saturated heterocycles. The van der Waals surface area contributed by atoms with E-state index < -0.39 is 23.5 Å². The van der Waals surface area contributed by atoms with Gasteiger partial charge >= 0.3 is 5.97 Å². The second-order valence-corrected chi connectivity index (χ2v) is 11.2. The standard InChI is InChI=1S/C29H36FN3O5/c1-14(2)31-27(34)21-13-19-23(18-12-20(30)24-17(15(18)3)10-9-11-37-24)22(16(4)32-26(19)33(21)8)25(28(35)36)38-29(5,6)7/h12-14,25H,9-11H2,1-8H3,(H,31,34)(H,35,36)/t25-/m0/s1. The van der Waals surface area contributed by atoms with Gasteiger partial charge in [0.25, 0.3) is 5.91 Å². The van der Waals surface area contributed by atoms with E-state index in [4.69, 9.17) is 14.5 Å². The molecule has 0 aliphatic carbocycles. The molecule has 1 aromatic carbocycles. The molecule has 0 unspecified atom stereocenters. The number of ether oxygens (including phenoxy) is 2. The fourth-order valence-electron chi connectivity index (χ4n) is 5.13. The van der Waals surface area contributed by atoms with Crippen molar-refractivity contribution in [3.05, 3.63) is 46.0 Å². The Balaban J connectivity index is 2.13. The Labute approximate surface area is 222 Å². The van der Waals surface area contributed by atoms with Gasteiger partial charge in [0.15, 0.2) is 17.7 Å². The maximum atomic E-state index is 15.5. The number of aryl methyl sites for hydroxylation is 2. The van der Waals surface area contributed by atoms with Gasteiger partial charge in [-0.2, -0.15) is 0 Å². The van der Waals surface area contributed by atoms with Crippen LogP contribution in [0.2, 0.25) is 0 Å². The smallest absolute Gasteiger partial charge is 0.337 e. The summed E-state index contributed by atoms with van der Waals surface area (Å²) >= 11 is 0. The van der Waals surface area contributed by atoms with Crippen molar-refractivity contribution in [1.82, 2.24) is 14.9 Å². The Morgan fingerprint density at radius 2 is 1.92 bits per heavy atom. The molecule has 2 N–H and O–H groups in total. The largest absolute Gasteiger partial charge is 0.490 e. The molecule has 3 heterocycles. The van der Waals surface area contributed by atoms with Crippen LogP contribution in [0, 0.1) is 19.7 Å². The number of halogens is 1. The van der Waals surface area contributed by atoms with Gasteiger partial charge in [-0.3, -0.25) is 4.79 Å². The summed E-state index contributed by atoms with van der Waals surface area (Å²) in [5.74, 6) is -1.73. The van der Waals surface area contributed by atoms with Crippen LogP contribution in [0.15, 0.2) is 12.1 Å². The molecule has 1 amide bonds. The molecule has 8 nitrogen and oxygen atoms in total. The maximum absolute atomic E-state index is 15.5. The molecule has 1 aliphatic rings. The first kappa shape index (κ1) is 27.6. The number of nitrogens with one attached hydrogen (secondary N) is 1. The van der Waals surface area contributed by atoms with Crippen molar-refractivity contribution < 1.29 is 28.6 Å². The van der Waals surface area contributed by atoms with Crippen LogP contribution in [0.4, 0.5) is 4.39 Å². The number of pyridine rings is 1. The van der Waals surface area contributed by atoms with E-state index in [0.717, 1.165) is 17.5 Å². The highest BCUT2D eigenvalue weighted by Gasteiger charge is 2.34. The summed E-state index contributed by atoms with van der Waals surface area (Å²) in [4.78, 5) is 30.4. The number of hydrogen-bond acceptors (Lipinski definition) is 5. The number of carboxylic acid groups (broad SMARTS) is 1. The fourth-order valence-corrected chi connectivity index (χ4v) is 5.13. The Hall–Kier alpha value is -3.46. The zero-order chi connectivity index (χ0) is 28.1. The third-order valence-electron chi connectivity index (χ3n) is 6.72. The molecule has 0 fully saturated rings. The monoisotopic (exact) mass is 525 g/mol. The fraction of sp³-hybridized carbons (Fsp3) is 0.483. The maximum Gasteiger partial charge on any atom is 0.337 e. The normalized spacial score (nSPS) is 14.4. The van der Waals surface area contributed by atoms with Crippen molar-refractivity contribution in [2.45, 2.75) is 79.1 Å². The number of aromatic nitrogens is 2. The zero-order valence-corrected chi connectivity index (χ0v) is 23.3. The number of carbonyl (C=O) groups is 2. The SMILES string of the molecule is Cc1nc2c(cc(C(=O)NC(C)C)n2C)c(-c2cc(F)c3c(c2C)CCCO3)c1[C@H](OC(C)(C)C)C(=O)O. The highest BCUT2D eigenvalue weighted by atomic mass is 19.1. The summed E-state index contributed by atoms with van der Waals surface area (Å²) in [6.45, 7) is 13.1. The molecule has 204 valence electrons. The third kappa shape index (κ3) is 4.99. The number of carboxylic acids is 1. The first-order valence-electron chi connectivity index (χ1n) is 12.9. The number of amides is 1. The Bertz CT molecular complexity index is 1430. The number of fused-ring (bicyclic) bond motifs is 2. The Morgan fingerprint density at radius 3 is 2.53 bits per heavy atom. The van der Waals surface area contributed by atoms with E-state index in [1.807, 2.05) is 20.8 Å². The molecule has 1 aliphatic heterocycles. The van der Waals surface area contributed by atoms with Crippen LogP contribution in [0.1, 0.15) is 80.0 Å². The molecule has 1 atom stereocenters. The van der Waals surface area contributed by atoms with Gasteiger partial charge in [0, 0.05) is 40.9 Å². The van der Waals surface area contributed by atoms with Crippen LogP contribution < -0.4 is 10.1 Å². The molecule has 2 aromatic heterocycles. The lowest BCUT2D eigenvalue weighted by molar-refractivity contribution is -0.160. The van der Waals surface area contributed by atoms with Gasteiger partial charge in [0.1, 0.15) is 11.3 Å². The van der Waals surface area contributed by atoms with E-state index in [1.165, 1.54) is 6.07 Å². The minimum atomic E-state index is -1.37. The summed E-state index contributed by atoms with van der Waals surface area (Å²) in [5.41, 5.74) is 3.41. The first-order valence-corrected chi connectivity index (χ1v) is 12.9. The molecule has 0 radical (unpaired) electrons. The first-order chi connectivity index (χ1) is 17.7. The van der Waals surface area contributed by atoms with Crippen molar-refractivity contribution in [2.24, 2.45) is 7.05 Å². The van der Waals surface area contributed by atoms with Crippen molar-refractivity contribution >= 4 is 22.9 Å². The molecule has 9 heteroatoms. The molecular formula is C29H36FN3O5. The zero-order valence-electron chi connectivity index (χ0n) is 23.3. The summed E-state index contributed by atoms with van der Waals surface area (Å²) < 4.78 is 28.8. The van der Waals surface area contributed by atoms with Crippen LogP contribution in [-0.4, -0.2) is 44.8 Å². The molecule has 0 bridgehead atoms. The highest BCUT2D eigenvalue weighted by Crippen LogP contribution is 2.44. The van der Waals surface area contributed by atoms with Gasteiger partial charge < -0.3 is 24.5 Å². The summed E-state index contributed by atoms with van der Waals surface area (Å²) in [7, 11) is 1.74. The second kappa shape index (κ2) is 10.0. The number of nitrogens with zero attached hydrogens (tertiary/aromatic N) is 2. The lowest BCUT2D eigenvalue weighted by Crippen LogP contribution is -2.31. The van der Waals surface area contributed by atoms with Crippen molar-refractivity contribution in [1.29, 1.82) is 0 Å². The van der Waals surface area contributed by atoms with Gasteiger partial charge in [0.05, 0.1) is 12.2 Å². The van der Waals surface area contributed by atoms with Gasteiger partial charge in [-0.1, -0.05) is 0 Å². The van der Waals surface area contributed by atoms with Crippen molar-refractivity contribution in [3.63, 3.8) is 0 Å².